The first-order valence-electron chi connectivity index (χ1n) is 10.2. The second kappa shape index (κ2) is 10.3. The molecule has 0 aliphatic carbocycles. The largest absolute Gasteiger partial charge is 0.489 e. The van der Waals surface area contributed by atoms with E-state index in [2.05, 4.69) is 21.6 Å². The molecule has 7 nitrogen and oxygen atoms in total. The molecular formula is C24H21N5O2S2. The van der Waals surface area contributed by atoms with Gasteiger partial charge in [-0.1, -0.05) is 36.4 Å². The quantitative estimate of drug-likeness (QED) is 0.328. The summed E-state index contributed by atoms with van der Waals surface area (Å²) in [5.41, 5.74) is 2.45. The molecule has 1 atom stereocenters. The number of ether oxygens (including phenoxy) is 1. The first-order chi connectivity index (χ1) is 16.1. The highest BCUT2D eigenvalue weighted by atomic mass is 32.1. The molecule has 9 heteroatoms. The fraction of sp³-hybridized carbons (Fsp3) is 0.167. The molecule has 0 saturated carbocycles. The Morgan fingerprint density at radius 2 is 2.03 bits per heavy atom. The zero-order valence-corrected chi connectivity index (χ0v) is 19.5. The lowest BCUT2D eigenvalue weighted by Gasteiger charge is -2.17. The van der Waals surface area contributed by atoms with E-state index in [1.807, 2.05) is 66.0 Å². The van der Waals surface area contributed by atoms with E-state index < -0.39 is 6.04 Å². The molecule has 0 aliphatic rings. The average molecular weight is 476 g/mol. The molecule has 0 fully saturated rings. The van der Waals surface area contributed by atoms with Gasteiger partial charge in [-0.05, 0) is 54.4 Å². The maximum absolute atomic E-state index is 13.1. The second-order valence-corrected chi connectivity index (χ2v) is 8.62. The highest BCUT2D eigenvalue weighted by Crippen LogP contribution is 2.27. The summed E-state index contributed by atoms with van der Waals surface area (Å²) in [7, 11) is 0. The number of rotatable bonds is 8. The summed E-state index contributed by atoms with van der Waals surface area (Å²) in [4.78, 5) is 14.1. The molecule has 33 heavy (non-hydrogen) atoms. The fourth-order valence-corrected chi connectivity index (χ4v) is 4.32. The van der Waals surface area contributed by atoms with Gasteiger partial charge < -0.3 is 10.1 Å². The van der Waals surface area contributed by atoms with Crippen molar-refractivity contribution >= 4 is 35.1 Å². The third-order valence-electron chi connectivity index (χ3n) is 5.09. The number of nitriles is 1. The van der Waals surface area contributed by atoms with Crippen molar-refractivity contribution in [2.24, 2.45) is 0 Å². The first-order valence-corrected chi connectivity index (χ1v) is 11.5. The standard InChI is InChI=1S/C24H21N5O2S2/c1-16(29-22(27-28-24(29)32)21-7-4-14-33-21)23(30)26-20-6-3-2-5-18(20)15-31-19-10-8-17(9-11-19)12-13-25/h2-11,14,16H,12,15H2,1H3,(H,26,30)(H,28,32). The number of benzene rings is 2. The van der Waals surface area contributed by atoms with Crippen LogP contribution in [0, 0.1) is 16.1 Å². The third-order valence-corrected chi connectivity index (χ3v) is 6.24. The first kappa shape index (κ1) is 22.5. The van der Waals surface area contributed by atoms with Gasteiger partial charge >= 0.3 is 0 Å². The van der Waals surface area contributed by atoms with E-state index in [-0.39, 0.29) is 12.5 Å². The van der Waals surface area contributed by atoms with Gasteiger partial charge in [0, 0.05) is 11.3 Å². The van der Waals surface area contributed by atoms with Gasteiger partial charge in [-0.3, -0.25) is 14.5 Å². The number of carbonyl (C=O) groups is 1. The Balaban J connectivity index is 1.48. The van der Waals surface area contributed by atoms with Crippen molar-refractivity contribution in [2.45, 2.75) is 26.0 Å². The fourth-order valence-electron chi connectivity index (χ4n) is 3.32. The predicted molar refractivity (Wildman–Crippen MR) is 131 cm³/mol. The van der Waals surface area contributed by atoms with E-state index in [0.717, 1.165) is 16.0 Å². The SMILES string of the molecule is CC(C(=O)Nc1ccccc1COc1ccc(CC#N)cc1)n1c(-c2cccs2)n[nH]c1=S. The Morgan fingerprint density at radius 1 is 1.24 bits per heavy atom. The highest BCUT2D eigenvalue weighted by molar-refractivity contribution is 7.71. The normalized spacial score (nSPS) is 11.5. The number of aromatic amines is 1. The number of thiophene rings is 1. The van der Waals surface area contributed by atoms with E-state index in [9.17, 15) is 4.79 Å². The Labute approximate surface area is 200 Å². The van der Waals surface area contributed by atoms with Crippen molar-refractivity contribution in [1.29, 1.82) is 5.26 Å². The molecule has 1 unspecified atom stereocenters. The molecule has 0 bridgehead atoms. The zero-order chi connectivity index (χ0) is 23.2. The van der Waals surface area contributed by atoms with E-state index in [4.69, 9.17) is 22.2 Å². The number of nitrogens with zero attached hydrogens (tertiary/aromatic N) is 3. The van der Waals surface area contributed by atoms with Gasteiger partial charge in [-0.15, -0.1) is 11.3 Å². The van der Waals surface area contributed by atoms with Crippen LogP contribution in [0.25, 0.3) is 10.7 Å². The molecule has 1 amide bonds. The predicted octanol–water partition coefficient (Wildman–Crippen LogP) is 5.51. The number of carbonyl (C=O) groups excluding carboxylic acids is 1. The maximum atomic E-state index is 13.1. The van der Waals surface area contributed by atoms with Crippen molar-refractivity contribution in [3.05, 3.63) is 81.9 Å². The lowest BCUT2D eigenvalue weighted by Crippen LogP contribution is -2.25. The third kappa shape index (κ3) is 5.19. The number of aromatic nitrogens is 3. The van der Waals surface area contributed by atoms with Crippen LogP contribution in [0.4, 0.5) is 5.69 Å². The lowest BCUT2D eigenvalue weighted by molar-refractivity contribution is -0.118. The molecule has 166 valence electrons. The van der Waals surface area contributed by atoms with Gasteiger partial charge in [0.1, 0.15) is 18.4 Å². The maximum Gasteiger partial charge on any atom is 0.247 e. The number of hydrogen-bond acceptors (Lipinski definition) is 6. The van der Waals surface area contributed by atoms with Crippen LogP contribution < -0.4 is 10.1 Å². The summed E-state index contributed by atoms with van der Waals surface area (Å²) in [5.74, 6) is 1.12. The minimum Gasteiger partial charge on any atom is -0.489 e. The topological polar surface area (TPSA) is 95.7 Å². The molecular weight excluding hydrogens is 454 g/mol. The van der Waals surface area contributed by atoms with Gasteiger partial charge in [-0.25, -0.2) is 0 Å². The highest BCUT2D eigenvalue weighted by Gasteiger charge is 2.22. The van der Waals surface area contributed by atoms with Crippen LogP contribution in [-0.2, 0) is 17.8 Å². The Kier molecular flexibility index (Phi) is 6.98. The van der Waals surface area contributed by atoms with Crippen LogP contribution >= 0.6 is 23.6 Å². The van der Waals surface area contributed by atoms with E-state index in [1.165, 1.54) is 11.3 Å². The van der Waals surface area contributed by atoms with Crippen molar-refractivity contribution in [3.63, 3.8) is 0 Å². The van der Waals surface area contributed by atoms with E-state index in [0.29, 0.717) is 28.5 Å². The van der Waals surface area contributed by atoms with Crippen LogP contribution in [0.1, 0.15) is 24.1 Å². The van der Waals surface area contributed by atoms with Crippen LogP contribution in [0.3, 0.4) is 0 Å². The van der Waals surface area contributed by atoms with Crippen molar-refractivity contribution in [1.82, 2.24) is 14.8 Å². The van der Waals surface area contributed by atoms with Gasteiger partial charge in [0.25, 0.3) is 0 Å². The van der Waals surface area contributed by atoms with Crippen LogP contribution in [0.15, 0.2) is 66.0 Å². The van der Waals surface area contributed by atoms with Gasteiger partial charge in [0.05, 0.1) is 17.4 Å². The number of anilines is 1. The Bertz CT molecular complexity index is 1330. The molecule has 0 aliphatic heterocycles. The molecule has 2 aromatic carbocycles. The Morgan fingerprint density at radius 3 is 2.76 bits per heavy atom. The summed E-state index contributed by atoms with van der Waals surface area (Å²) in [6, 6.07) is 20.3. The monoisotopic (exact) mass is 475 g/mol. The molecule has 2 heterocycles. The van der Waals surface area contributed by atoms with E-state index in [1.54, 1.807) is 11.5 Å². The molecule has 0 spiro atoms. The van der Waals surface area contributed by atoms with Crippen LogP contribution in [0.2, 0.25) is 0 Å². The summed E-state index contributed by atoms with van der Waals surface area (Å²) in [5, 5.41) is 20.8. The zero-order valence-electron chi connectivity index (χ0n) is 17.8. The molecule has 4 rings (SSSR count). The minimum atomic E-state index is -0.574. The Hall–Kier alpha value is -3.74. The van der Waals surface area contributed by atoms with Crippen LogP contribution in [-0.4, -0.2) is 20.7 Å². The number of amides is 1. The molecule has 4 aromatic rings. The van der Waals surface area contributed by atoms with Crippen molar-refractivity contribution in [3.8, 4) is 22.5 Å². The summed E-state index contributed by atoms with van der Waals surface area (Å²) < 4.78 is 8.00. The van der Waals surface area contributed by atoms with Crippen LogP contribution in [0.5, 0.6) is 5.75 Å². The average Bonchev–Trinajstić information content (AvgIpc) is 3.49. The second-order valence-electron chi connectivity index (χ2n) is 7.29. The smallest absolute Gasteiger partial charge is 0.247 e. The van der Waals surface area contributed by atoms with Crippen molar-refractivity contribution in [2.75, 3.05) is 5.32 Å². The molecule has 0 saturated heterocycles. The summed E-state index contributed by atoms with van der Waals surface area (Å²) in [6.07, 6.45) is 0.363. The molecule has 2 aromatic heterocycles. The summed E-state index contributed by atoms with van der Waals surface area (Å²) >= 11 is 6.92. The number of para-hydroxylation sites is 1. The minimum absolute atomic E-state index is 0.210. The molecule has 2 N–H and O–H groups in total. The van der Waals surface area contributed by atoms with Gasteiger partial charge in [0.15, 0.2) is 10.6 Å². The van der Waals surface area contributed by atoms with Gasteiger partial charge in [0.2, 0.25) is 5.91 Å². The van der Waals surface area contributed by atoms with Gasteiger partial charge in [-0.2, -0.15) is 10.4 Å². The summed E-state index contributed by atoms with van der Waals surface area (Å²) in [6.45, 7) is 2.08. The number of hydrogen-bond donors (Lipinski definition) is 2. The number of nitrogens with one attached hydrogen (secondary N) is 2. The number of H-pyrrole nitrogens is 1. The molecule has 0 radical (unpaired) electrons. The van der Waals surface area contributed by atoms with E-state index >= 15 is 0 Å². The lowest BCUT2D eigenvalue weighted by atomic mass is 10.1. The van der Waals surface area contributed by atoms with Crippen molar-refractivity contribution < 1.29 is 9.53 Å².